The number of hydrogen-bond acceptors (Lipinski definition) is 4. The number of ketones is 1. The van der Waals surface area contributed by atoms with Gasteiger partial charge in [0.1, 0.15) is 6.10 Å². The smallest absolute Gasteiger partial charge is 0.223 e. The van der Waals surface area contributed by atoms with Gasteiger partial charge in [-0.1, -0.05) is 41.9 Å². The van der Waals surface area contributed by atoms with Crippen LogP contribution in [-0.4, -0.2) is 40.8 Å². The van der Waals surface area contributed by atoms with Crippen molar-refractivity contribution in [2.45, 2.75) is 18.9 Å². The third-order valence-electron chi connectivity index (χ3n) is 3.85. The molecular formula is C18H17ClN2O3. The largest absolute Gasteiger partial charge is 0.471 e. The Morgan fingerprint density at radius 3 is 2.54 bits per heavy atom. The summed E-state index contributed by atoms with van der Waals surface area (Å²) in [5.41, 5.74) is 0.643. The van der Waals surface area contributed by atoms with Crippen LogP contribution in [0.15, 0.2) is 48.7 Å². The summed E-state index contributed by atoms with van der Waals surface area (Å²) in [7, 11) is 0. The fraction of sp³-hybridized carbons (Fsp3) is 0.278. The minimum absolute atomic E-state index is 0.0114. The van der Waals surface area contributed by atoms with E-state index in [1.54, 1.807) is 29.2 Å². The van der Waals surface area contributed by atoms with E-state index in [0.717, 1.165) is 0 Å². The molecule has 0 radical (unpaired) electrons. The summed E-state index contributed by atoms with van der Waals surface area (Å²) >= 11 is 5.77. The van der Waals surface area contributed by atoms with Crippen LogP contribution >= 0.6 is 11.6 Å². The Balaban J connectivity index is 1.40. The molecule has 5 nitrogen and oxygen atoms in total. The molecule has 6 heteroatoms. The molecule has 0 bridgehead atoms. The van der Waals surface area contributed by atoms with Crippen molar-refractivity contribution in [2.24, 2.45) is 0 Å². The Morgan fingerprint density at radius 1 is 1.12 bits per heavy atom. The SMILES string of the molecule is O=C(CCC(=O)N1CC(Oc2ccc(Cl)cn2)C1)c1ccccc1. The lowest BCUT2D eigenvalue weighted by atomic mass is 10.1. The van der Waals surface area contributed by atoms with E-state index in [9.17, 15) is 9.59 Å². The lowest BCUT2D eigenvalue weighted by Gasteiger charge is -2.38. The summed E-state index contributed by atoms with van der Waals surface area (Å²) in [4.78, 5) is 29.8. The quantitative estimate of drug-likeness (QED) is 0.756. The molecule has 1 aromatic carbocycles. The molecule has 1 aliphatic heterocycles. The predicted molar refractivity (Wildman–Crippen MR) is 90.2 cm³/mol. The lowest BCUT2D eigenvalue weighted by Crippen LogP contribution is -2.56. The van der Waals surface area contributed by atoms with Crippen LogP contribution in [0.1, 0.15) is 23.2 Å². The molecule has 1 aliphatic rings. The van der Waals surface area contributed by atoms with Crippen molar-refractivity contribution in [1.29, 1.82) is 0 Å². The highest BCUT2D eigenvalue weighted by atomic mass is 35.5. The van der Waals surface area contributed by atoms with E-state index in [1.165, 1.54) is 6.20 Å². The summed E-state index contributed by atoms with van der Waals surface area (Å²) in [6.07, 6.45) is 1.91. The molecule has 0 N–H and O–H groups in total. The summed E-state index contributed by atoms with van der Waals surface area (Å²) in [6, 6.07) is 12.4. The average molecular weight is 345 g/mol. The molecule has 2 aromatic rings. The zero-order valence-electron chi connectivity index (χ0n) is 13.0. The Kier molecular flexibility index (Phi) is 5.11. The van der Waals surface area contributed by atoms with Gasteiger partial charge >= 0.3 is 0 Å². The number of rotatable bonds is 6. The van der Waals surface area contributed by atoms with Gasteiger partial charge in [-0.3, -0.25) is 9.59 Å². The highest BCUT2D eigenvalue weighted by Gasteiger charge is 2.32. The van der Waals surface area contributed by atoms with Crippen LogP contribution in [0.2, 0.25) is 5.02 Å². The second kappa shape index (κ2) is 7.45. The van der Waals surface area contributed by atoms with Crippen molar-refractivity contribution in [2.75, 3.05) is 13.1 Å². The molecule has 3 rings (SSSR count). The number of benzene rings is 1. The topological polar surface area (TPSA) is 59.5 Å². The summed E-state index contributed by atoms with van der Waals surface area (Å²) < 4.78 is 5.65. The Morgan fingerprint density at radius 2 is 1.88 bits per heavy atom. The number of likely N-dealkylation sites (tertiary alicyclic amines) is 1. The standard InChI is InChI=1S/C18H17ClN2O3/c19-14-6-8-17(20-10-14)24-15-11-21(12-15)18(23)9-7-16(22)13-4-2-1-3-5-13/h1-6,8,10,15H,7,9,11-12H2. The number of amides is 1. The van der Waals surface area contributed by atoms with E-state index >= 15 is 0 Å². The predicted octanol–water partition coefficient (Wildman–Crippen LogP) is 2.99. The molecule has 2 heterocycles. The van der Waals surface area contributed by atoms with Crippen LogP contribution in [0.3, 0.4) is 0 Å². The molecule has 0 atom stereocenters. The van der Waals surface area contributed by atoms with Crippen molar-refractivity contribution < 1.29 is 14.3 Å². The number of Topliss-reactive ketones (excluding diaryl/α,β-unsaturated/α-hetero) is 1. The zero-order valence-corrected chi connectivity index (χ0v) is 13.8. The van der Waals surface area contributed by atoms with Crippen LogP contribution < -0.4 is 4.74 Å². The van der Waals surface area contributed by atoms with E-state index in [0.29, 0.717) is 29.6 Å². The Bertz CT molecular complexity index is 713. The second-order valence-electron chi connectivity index (χ2n) is 5.64. The first-order valence-electron chi connectivity index (χ1n) is 7.76. The van der Waals surface area contributed by atoms with Crippen LogP contribution in [-0.2, 0) is 4.79 Å². The molecule has 1 amide bonds. The van der Waals surface area contributed by atoms with Gasteiger partial charge in [0.2, 0.25) is 11.8 Å². The molecule has 1 saturated heterocycles. The third kappa shape index (κ3) is 4.11. The maximum Gasteiger partial charge on any atom is 0.223 e. The van der Waals surface area contributed by atoms with Crippen molar-refractivity contribution >= 4 is 23.3 Å². The zero-order chi connectivity index (χ0) is 16.9. The maximum absolute atomic E-state index is 12.1. The van der Waals surface area contributed by atoms with Crippen molar-refractivity contribution in [3.05, 3.63) is 59.2 Å². The molecule has 1 aromatic heterocycles. The van der Waals surface area contributed by atoms with Crippen LogP contribution in [0.5, 0.6) is 5.88 Å². The van der Waals surface area contributed by atoms with Gasteiger partial charge in [0.25, 0.3) is 0 Å². The van der Waals surface area contributed by atoms with Crippen molar-refractivity contribution in [3.63, 3.8) is 0 Å². The highest BCUT2D eigenvalue weighted by Crippen LogP contribution is 2.19. The van der Waals surface area contributed by atoms with Crippen LogP contribution in [0.25, 0.3) is 0 Å². The van der Waals surface area contributed by atoms with Gasteiger partial charge in [0, 0.05) is 30.7 Å². The molecule has 0 saturated carbocycles. The fourth-order valence-corrected chi connectivity index (χ4v) is 2.58. The van der Waals surface area contributed by atoms with Crippen LogP contribution in [0, 0.1) is 0 Å². The molecule has 0 aliphatic carbocycles. The van der Waals surface area contributed by atoms with Gasteiger partial charge in [-0.25, -0.2) is 4.98 Å². The first kappa shape index (κ1) is 16.5. The summed E-state index contributed by atoms with van der Waals surface area (Å²) in [5.74, 6) is 0.460. The Labute approximate surface area is 145 Å². The number of ether oxygens (including phenoxy) is 1. The summed E-state index contributed by atoms with van der Waals surface area (Å²) in [6.45, 7) is 1.03. The molecule has 124 valence electrons. The molecule has 0 unspecified atom stereocenters. The molecule has 0 spiro atoms. The van der Waals surface area contributed by atoms with Gasteiger partial charge in [0.05, 0.1) is 18.1 Å². The van der Waals surface area contributed by atoms with Gasteiger partial charge in [-0.05, 0) is 6.07 Å². The first-order chi connectivity index (χ1) is 11.6. The van der Waals surface area contributed by atoms with Crippen molar-refractivity contribution in [3.8, 4) is 5.88 Å². The number of carbonyl (C=O) groups excluding carboxylic acids is 2. The Hall–Kier alpha value is -2.40. The normalized spacial score (nSPS) is 14.1. The number of halogens is 1. The molecule has 24 heavy (non-hydrogen) atoms. The monoisotopic (exact) mass is 344 g/mol. The lowest BCUT2D eigenvalue weighted by molar-refractivity contribution is -0.140. The van der Waals surface area contributed by atoms with E-state index in [-0.39, 0.29) is 30.6 Å². The number of aromatic nitrogens is 1. The minimum Gasteiger partial charge on any atom is -0.471 e. The number of hydrogen-bond donors (Lipinski definition) is 0. The fourth-order valence-electron chi connectivity index (χ4n) is 2.47. The van der Waals surface area contributed by atoms with Gasteiger partial charge in [-0.15, -0.1) is 0 Å². The summed E-state index contributed by atoms with van der Waals surface area (Å²) in [5, 5.41) is 0.552. The van der Waals surface area contributed by atoms with Crippen LogP contribution in [0.4, 0.5) is 0 Å². The van der Waals surface area contributed by atoms with E-state index in [2.05, 4.69) is 4.98 Å². The van der Waals surface area contributed by atoms with E-state index in [4.69, 9.17) is 16.3 Å². The first-order valence-corrected chi connectivity index (χ1v) is 8.14. The number of nitrogens with zero attached hydrogens (tertiary/aromatic N) is 2. The highest BCUT2D eigenvalue weighted by molar-refractivity contribution is 6.30. The molecular weight excluding hydrogens is 328 g/mol. The minimum atomic E-state index is -0.0625. The van der Waals surface area contributed by atoms with E-state index in [1.807, 2.05) is 18.2 Å². The van der Waals surface area contributed by atoms with Gasteiger partial charge in [0.15, 0.2) is 5.78 Å². The maximum atomic E-state index is 12.1. The third-order valence-corrected chi connectivity index (χ3v) is 4.07. The number of pyridine rings is 1. The van der Waals surface area contributed by atoms with E-state index < -0.39 is 0 Å². The van der Waals surface area contributed by atoms with Gasteiger partial charge in [-0.2, -0.15) is 0 Å². The van der Waals surface area contributed by atoms with Crippen molar-refractivity contribution in [1.82, 2.24) is 9.88 Å². The second-order valence-corrected chi connectivity index (χ2v) is 6.08. The van der Waals surface area contributed by atoms with Gasteiger partial charge < -0.3 is 9.64 Å². The molecule has 1 fully saturated rings. The average Bonchev–Trinajstić information content (AvgIpc) is 2.57. The number of carbonyl (C=O) groups is 2.